The van der Waals surface area contributed by atoms with E-state index in [9.17, 15) is 4.39 Å². The van der Waals surface area contributed by atoms with Crippen LogP contribution in [-0.2, 0) is 6.42 Å². The summed E-state index contributed by atoms with van der Waals surface area (Å²) in [7, 11) is 0. The molecular weight excluding hydrogens is 165 g/mol. The van der Waals surface area contributed by atoms with E-state index in [1.165, 1.54) is 6.07 Å². The average molecular weight is 179 g/mol. The van der Waals surface area contributed by atoms with Gasteiger partial charge in [-0.2, -0.15) is 0 Å². The highest BCUT2D eigenvalue weighted by atomic mass is 19.1. The predicted octanol–water partition coefficient (Wildman–Crippen LogP) is 2.20. The fraction of sp³-hybridized carbons (Fsp3) is 0.455. The second kappa shape index (κ2) is 3.11. The summed E-state index contributed by atoms with van der Waals surface area (Å²) in [6.07, 6.45) is 1.89. The van der Waals surface area contributed by atoms with Crippen LogP contribution in [0.1, 0.15) is 30.4 Å². The summed E-state index contributed by atoms with van der Waals surface area (Å²) in [4.78, 5) is 0. The third kappa shape index (κ3) is 1.35. The fourth-order valence-corrected chi connectivity index (χ4v) is 2.10. The van der Waals surface area contributed by atoms with E-state index in [-0.39, 0.29) is 17.8 Å². The first-order valence-electron chi connectivity index (χ1n) is 4.73. The van der Waals surface area contributed by atoms with E-state index in [1.54, 1.807) is 6.07 Å². The summed E-state index contributed by atoms with van der Waals surface area (Å²) in [6.45, 7) is 2.01. The zero-order valence-corrected chi connectivity index (χ0v) is 7.76. The van der Waals surface area contributed by atoms with Gasteiger partial charge in [0.1, 0.15) is 5.82 Å². The van der Waals surface area contributed by atoms with Gasteiger partial charge in [-0.1, -0.05) is 19.1 Å². The van der Waals surface area contributed by atoms with Gasteiger partial charge in [0.15, 0.2) is 0 Å². The molecule has 1 aliphatic carbocycles. The lowest BCUT2D eigenvalue weighted by atomic mass is 9.80. The molecule has 0 aliphatic heterocycles. The largest absolute Gasteiger partial charge is 0.327 e. The Morgan fingerprint density at radius 3 is 3.00 bits per heavy atom. The molecular formula is C11H14FN. The number of nitrogens with two attached hydrogens (primary N) is 1. The molecule has 0 radical (unpaired) electrons. The third-order valence-electron chi connectivity index (χ3n) is 2.99. The van der Waals surface area contributed by atoms with Crippen LogP contribution < -0.4 is 5.73 Å². The van der Waals surface area contributed by atoms with Crippen molar-refractivity contribution in [1.82, 2.24) is 0 Å². The molecule has 70 valence electrons. The molecule has 2 N–H and O–H groups in total. The van der Waals surface area contributed by atoms with E-state index >= 15 is 0 Å². The fourth-order valence-electron chi connectivity index (χ4n) is 2.10. The van der Waals surface area contributed by atoms with E-state index < -0.39 is 0 Å². The number of benzene rings is 1. The van der Waals surface area contributed by atoms with Crippen LogP contribution in [0.25, 0.3) is 0 Å². The van der Waals surface area contributed by atoms with Gasteiger partial charge in [0.25, 0.3) is 0 Å². The molecule has 1 aliphatic rings. The Bertz CT molecular complexity index is 322. The lowest BCUT2D eigenvalue weighted by Crippen LogP contribution is -2.32. The summed E-state index contributed by atoms with van der Waals surface area (Å²) in [6, 6.07) is 5.41. The van der Waals surface area contributed by atoms with Crippen molar-refractivity contribution < 1.29 is 4.39 Å². The minimum Gasteiger partial charge on any atom is -0.327 e. The van der Waals surface area contributed by atoms with Crippen molar-refractivity contribution >= 4 is 0 Å². The summed E-state index contributed by atoms with van der Waals surface area (Å²) in [5.74, 6) is 0.0603. The predicted molar refractivity (Wildman–Crippen MR) is 51.1 cm³/mol. The maximum Gasteiger partial charge on any atom is 0.127 e. The molecule has 0 amide bonds. The van der Waals surface area contributed by atoms with Gasteiger partial charge in [0.05, 0.1) is 0 Å². The van der Waals surface area contributed by atoms with Crippen molar-refractivity contribution in [2.45, 2.75) is 31.7 Å². The average Bonchev–Trinajstić information content (AvgIpc) is 2.12. The number of halogens is 1. The van der Waals surface area contributed by atoms with Crippen molar-refractivity contribution in [3.8, 4) is 0 Å². The van der Waals surface area contributed by atoms with Gasteiger partial charge in [0, 0.05) is 6.04 Å². The van der Waals surface area contributed by atoms with Gasteiger partial charge in [-0.05, 0) is 36.0 Å². The Labute approximate surface area is 77.8 Å². The molecule has 0 bridgehead atoms. The van der Waals surface area contributed by atoms with Crippen molar-refractivity contribution in [3.63, 3.8) is 0 Å². The summed E-state index contributed by atoms with van der Waals surface area (Å²) < 4.78 is 13.4. The van der Waals surface area contributed by atoms with E-state index in [4.69, 9.17) is 5.73 Å². The minimum atomic E-state index is -0.0971. The monoisotopic (exact) mass is 179 g/mol. The third-order valence-corrected chi connectivity index (χ3v) is 2.99. The first-order valence-corrected chi connectivity index (χ1v) is 4.73. The van der Waals surface area contributed by atoms with Gasteiger partial charge in [-0.15, -0.1) is 0 Å². The molecule has 0 aromatic heterocycles. The Kier molecular flexibility index (Phi) is 2.08. The van der Waals surface area contributed by atoms with Crippen molar-refractivity contribution in [3.05, 3.63) is 35.1 Å². The molecule has 2 unspecified atom stereocenters. The van der Waals surface area contributed by atoms with Crippen LogP contribution in [0.2, 0.25) is 0 Å². The second-order valence-electron chi connectivity index (χ2n) is 3.80. The molecule has 2 heteroatoms. The van der Waals surface area contributed by atoms with Gasteiger partial charge in [0.2, 0.25) is 0 Å². The van der Waals surface area contributed by atoms with Gasteiger partial charge >= 0.3 is 0 Å². The molecule has 1 nitrogen and oxygen atoms in total. The summed E-state index contributed by atoms with van der Waals surface area (Å²) >= 11 is 0. The van der Waals surface area contributed by atoms with E-state index in [2.05, 4.69) is 0 Å². The Morgan fingerprint density at radius 2 is 2.23 bits per heavy atom. The number of hydrogen-bond acceptors (Lipinski definition) is 1. The van der Waals surface area contributed by atoms with Gasteiger partial charge < -0.3 is 5.73 Å². The highest BCUT2D eigenvalue weighted by molar-refractivity contribution is 5.35. The smallest absolute Gasteiger partial charge is 0.127 e. The van der Waals surface area contributed by atoms with Crippen molar-refractivity contribution in [2.75, 3.05) is 0 Å². The zero-order chi connectivity index (χ0) is 9.42. The van der Waals surface area contributed by atoms with Crippen LogP contribution in [0, 0.1) is 5.82 Å². The maximum absolute atomic E-state index is 13.4. The first-order chi connectivity index (χ1) is 6.20. The highest BCUT2D eigenvalue weighted by Crippen LogP contribution is 2.32. The minimum absolute atomic E-state index is 0.0971. The molecule has 1 aromatic rings. The molecule has 0 heterocycles. The quantitative estimate of drug-likeness (QED) is 0.649. The van der Waals surface area contributed by atoms with Crippen LogP contribution in [-0.4, -0.2) is 6.04 Å². The first kappa shape index (κ1) is 8.70. The second-order valence-corrected chi connectivity index (χ2v) is 3.80. The molecule has 2 rings (SSSR count). The van der Waals surface area contributed by atoms with Crippen LogP contribution >= 0.6 is 0 Å². The van der Waals surface area contributed by atoms with Gasteiger partial charge in [-0.3, -0.25) is 0 Å². The number of rotatable bonds is 0. The maximum atomic E-state index is 13.4. The SMILES string of the molecule is CC1c2c(F)cccc2CCC1N. The Morgan fingerprint density at radius 1 is 1.46 bits per heavy atom. The normalized spacial score (nSPS) is 27.0. The summed E-state index contributed by atoms with van der Waals surface area (Å²) in [5.41, 5.74) is 7.86. The van der Waals surface area contributed by atoms with Crippen LogP contribution in [0.15, 0.2) is 18.2 Å². The summed E-state index contributed by atoms with van der Waals surface area (Å²) in [5, 5.41) is 0. The van der Waals surface area contributed by atoms with Crippen LogP contribution in [0.3, 0.4) is 0 Å². The standard InChI is InChI=1S/C11H14FN/c1-7-10(13)6-5-8-3-2-4-9(12)11(7)8/h2-4,7,10H,5-6,13H2,1H3. The van der Waals surface area contributed by atoms with E-state index in [1.807, 2.05) is 13.0 Å². The molecule has 13 heavy (non-hydrogen) atoms. The number of aryl methyl sites for hydroxylation is 1. The molecule has 0 fully saturated rings. The molecule has 1 aromatic carbocycles. The van der Waals surface area contributed by atoms with Crippen molar-refractivity contribution in [1.29, 1.82) is 0 Å². The Balaban J connectivity index is 2.51. The van der Waals surface area contributed by atoms with Crippen molar-refractivity contribution in [2.24, 2.45) is 5.73 Å². The van der Waals surface area contributed by atoms with E-state index in [0.29, 0.717) is 0 Å². The molecule has 2 atom stereocenters. The topological polar surface area (TPSA) is 26.0 Å². The lowest BCUT2D eigenvalue weighted by Gasteiger charge is -2.28. The van der Waals surface area contributed by atoms with Crippen LogP contribution in [0.5, 0.6) is 0 Å². The highest BCUT2D eigenvalue weighted by Gasteiger charge is 2.25. The lowest BCUT2D eigenvalue weighted by molar-refractivity contribution is 0.469. The van der Waals surface area contributed by atoms with E-state index in [0.717, 1.165) is 24.0 Å². The molecule has 0 saturated carbocycles. The zero-order valence-electron chi connectivity index (χ0n) is 7.76. The molecule has 0 spiro atoms. The number of fused-ring (bicyclic) bond motifs is 1. The van der Waals surface area contributed by atoms with Crippen LogP contribution in [0.4, 0.5) is 4.39 Å². The Hall–Kier alpha value is -0.890. The van der Waals surface area contributed by atoms with Gasteiger partial charge in [-0.25, -0.2) is 4.39 Å². The molecule has 0 saturated heterocycles. The number of hydrogen-bond donors (Lipinski definition) is 1.